The van der Waals surface area contributed by atoms with Crippen molar-refractivity contribution < 1.29 is 64.4 Å². The van der Waals surface area contributed by atoms with Crippen LogP contribution in [0.15, 0.2) is 105 Å². The van der Waals surface area contributed by atoms with Crippen molar-refractivity contribution in [2.24, 2.45) is 14.1 Å². The fourth-order valence-corrected chi connectivity index (χ4v) is 5.41. The summed E-state index contributed by atoms with van der Waals surface area (Å²) in [4.78, 5) is 12.3. The minimum Gasteiger partial charge on any atom is -0.507 e. The zero-order valence-corrected chi connectivity index (χ0v) is 29.5. The van der Waals surface area contributed by atoms with E-state index in [-0.39, 0.29) is 42.1 Å². The summed E-state index contributed by atoms with van der Waals surface area (Å²) in [6, 6.07) is 10.5. The average molecular weight is 995 g/mol. The molecule has 0 atom stereocenters. The van der Waals surface area contributed by atoms with Gasteiger partial charge in [-0.25, -0.2) is 4.98 Å². The number of benzene rings is 2. The van der Waals surface area contributed by atoms with Gasteiger partial charge in [-0.3, -0.25) is 0 Å². The van der Waals surface area contributed by atoms with E-state index >= 15 is 0 Å². The van der Waals surface area contributed by atoms with E-state index in [1.54, 1.807) is 52.9 Å². The Morgan fingerprint density at radius 3 is 1.85 bits per heavy atom. The molecule has 0 saturated heterocycles. The summed E-state index contributed by atoms with van der Waals surface area (Å²) < 4.78 is 31.8. The third-order valence-corrected chi connectivity index (χ3v) is 7.61. The molecule has 0 aliphatic rings. The van der Waals surface area contributed by atoms with Crippen LogP contribution >= 0.6 is 0 Å². The van der Waals surface area contributed by atoms with Crippen molar-refractivity contribution in [3.63, 3.8) is 0 Å². The third kappa shape index (κ3) is 5.27. The normalized spacial score (nSPS) is 11.2. The molecule has 0 radical (unpaired) electrons. The van der Waals surface area contributed by atoms with Gasteiger partial charge in [0.05, 0.1) is 84.5 Å². The molecule has 0 spiro atoms. The van der Waals surface area contributed by atoms with Crippen LogP contribution in [0.4, 0.5) is 0 Å². The molecule has 0 aliphatic heterocycles. The number of aromatic nitrogens is 8. The second-order valence-corrected chi connectivity index (χ2v) is 10.6. The molecule has 12 nitrogen and oxygen atoms in total. The molecule has 0 amide bonds. The second-order valence-electron chi connectivity index (χ2n) is 10.6. The van der Waals surface area contributed by atoms with Crippen LogP contribution in [0.2, 0.25) is 0 Å². The second kappa shape index (κ2) is 12.4. The van der Waals surface area contributed by atoms with E-state index in [1.807, 2.05) is 71.0 Å². The first-order valence-electron chi connectivity index (χ1n) is 14.1. The number of nitrogens with zero attached hydrogens (tertiary/aromatic N) is 8. The van der Waals surface area contributed by atoms with Crippen molar-refractivity contribution in [2.45, 2.75) is 0 Å². The van der Waals surface area contributed by atoms with E-state index in [0.717, 1.165) is 49.9 Å². The Morgan fingerprint density at radius 1 is 0.708 bits per heavy atom. The van der Waals surface area contributed by atoms with E-state index in [0.29, 0.717) is 22.3 Å². The van der Waals surface area contributed by atoms with Crippen molar-refractivity contribution in [3.8, 4) is 28.3 Å². The maximum absolute atomic E-state index is 5.65. The van der Waals surface area contributed by atoms with Crippen molar-refractivity contribution >= 4 is 43.9 Å². The van der Waals surface area contributed by atoms with Gasteiger partial charge in [0, 0.05) is 58.3 Å². The SMILES string of the molecule is Cn1c[c-][n+](-c2coc3cc4occ(-n5[c-]ncc5)c4[c-]c23)c1.Cn1cnc(-c2coc3cc4occ(-n5[c-]ncc5)c4[c-]c23)c1.[Pt+2].[Pt]. The fraction of sp³-hybridized carbons (Fsp3) is 0.0588. The maximum Gasteiger partial charge on any atom is 2.00 e. The van der Waals surface area contributed by atoms with Crippen molar-refractivity contribution in [2.75, 3.05) is 0 Å². The van der Waals surface area contributed by atoms with E-state index in [2.05, 4.69) is 45.9 Å². The standard InChI is InChI=1S/2C17H10N4O2.2Pt/c1-20-6-14(19-10-20)13-7-22-16-5-17-12(4-11(13)16)15(8-23-17)21-3-2-18-9-21;1-19-4-5-21(11-19)15-9-23-17-7-16-12(6-13(15)17)14(8-22-16)20-3-2-18-10-20;;/h2-3,5-8,10H,1H3;2-4,7-9,11H,1H3;;/q2*-2;;+2. The molecule has 10 aromatic rings. The molecule has 8 heterocycles. The van der Waals surface area contributed by atoms with Gasteiger partial charge in [0.1, 0.15) is 6.33 Å². The van der Waals surface area contributed by atoms with Crippen LogP contribution in [-0.4, -0.2) is 33.2 Å². The summed E-state index contributed by atoms with van der Waals surface area (Å²) in [7, 11) is 3.88. The first kappa shape index (κ1) is 31.4. The molecule has 0 aliphatic carbocycles. The molecule has 48 heavy (non-hydrogen) atoms. The number of rotatable bonds is 4. The summed E-state index contributed by atoms with van der Waals surface area (Å²) in [6.45, 7) is 0. The van der Waals surface area contributed by atoms with Gasteiger partial charge in [-0.1, -0.05) is 40.9 Å². The number of aryl methyl sites for hydroxylation is 2. The zero-order chi connectivity index (χ0) is 30.8. The minimum absolute atomic E-state index is 0. The van der Waals surface area contributed by atoms with Gasteiger partial charge in [-0.05, 0) is 23.1 Å². The topological polar surface area (TPSA) is 115 Å². The molecule has 0 saturated carbocycles. The first-order valence-corrected chi connectivity index (χ1v) is 14.1. The average Bonchev–Trinajstić information content (AvgIpc) is 3.89. The largest absolute Gasteiger partial charge is 2.00 e. The number of furan rings is 4. The zero-order valence-electron chi connectivity index (χ0n) is 24.9. The Hall–Kier alpha value is -5.18. The number of imidazole rings is 4. The molecule has 14 heteroatoms. The molecular formula is C34H20N8O4Pt2-2. The quantitative estimate of drug-likeness (QED) is 0.163. The molecular weight excluding hydrogens is 975 g/mol. The smallest absolute Gasteiger partial charge is 0.507 e. The Kier molecular flexibility index (Phi) is 8.15. The fourth-order valence-electron chi connectivity index (χ4n) is 5.41. The van der Waals surface area contributed by atoms with Crippen LogP contribution in [0.1, 0.15) is 0 Å². The summed E-state index contributed by atoms with van der Waals surface area (Å²) in [5.74, 6) is 0. The molecule has 242 valence electrons. The third-order valence-electron chi connectivity index (χ3n) is 7.61. The summed E-state index contributed by atoms with van der Waals surface area (Å²) in [5, 5.41) is 3.45. The molecule has 0 bridgehead atoms. The van der Waals surface area contributed by atoms with Crippen LogP contribution in [0.3, 0.4) is 0 Å². The Balaban J connectivity index is 0.000000146. The van der Waals surface area contributed by atoms with Crippen molar-refractivity contribution in [1.29, 1.82) is 0 Å². The molecule has 0 N–H and O–H groups in total. The van der Waals surface area contributed by atoms with Crippen LogP contribution in [0.25, 0.3) is 72.2 Å². The number of hydrogen-bond donors (Lipinski definition) is 0. The molecule has 0 fully saturated rings. The van der Waals surface area contributed by atoms with Crippen molar-refractivity contribution in [1.82, 2.24) is 33.2 Å². The monoisotopic (exact) mass is 994 g/mol. The molecule has 10 rings (SSSR count). The van der Waals surface area contributed by atoms with Gasteiger partial charge >= 0.3 is 21.1 Å². The summed E-state index contributed by atoms with van der Waals surface area (Å²) in [6.07, 6.45) is 30.1. The first-order chi connectivity index (χ1) is 22.6. The van der Waals surface area contributed by atoms with Gasteiger partial charge < -0.3 is 50.5 Å². The van der Waals surface area contributed by atoms with E-state index in [1.165, 1.54) is 0 Å². The van der Waals surface area contributed by atoms with E-state index < -0.39 is 0 Å². The number of fused-ring (bicyclic) bond motifs is 4. The van der Waals surface area contributed by atoms with Crippen LogP contribution in [0, 0.1) is 31.0 Å². The molecule has 0 unspecified atom stereocenters. The van der Waals surface area contributed by atoms with Gasteiger partial charge in [0.2, 0.25) is 0 Å². The Labute approximate surface area is 300 Å². The maximum atomic E-state index is 5.65. The van der Waals surface area contributed by atoms with Crippen LogP contribution in [0.5, 0.6) is 0 Å². The number of hydrogen-bond acceptors (Lipinski definition) is 7. The summed E-state index contributed by atoms with van der Waals surface area (Å²) in [5.41, 5.74) is 7.16. The van der Waals surface area contributed by atoms with Crippen LogP contribution in [-0.2, 0) is 56.2 Å². The van der Waals surface area contributed by atoms with E-state index in [9.17, 15) is 0 Å². The molecule has 2 aromatic carbocycles. The van der Waals surface area contributed by atoms with Crippen molar-refractivity contribution in [3.05, 3.63) is 118 Å². The van der Waals surface area contributed by atoms with Crippen LogP contribution < -0.4 is 4.57 Å². The predicted octanol–water partition coefficient (Wildman–Crippen LogP) is 5.74. The molecule has 8 aromatic heterocycles. The Morgan fingerprint density at radius 2 is 1.29 bits per heavy atom. The minimum atomic E-state index is 0. The summed E-state index contributed by atoms with van der Waals surface area (Å²) >= 11 is 0. The van der Waals surface area contributed by atoms with Gasteiger partial charge in [0.15, 0.2) is 0 Å². The Bertz CT molecular complexity index is 2450. The van der Waals surface area contributed by atoms with Gasteiger partial charge in [-0.2, -0.15) is 0 Å². The van der Waals surface area contributed by atoms with Gasteiger partial charge in [-0.15, -0.1) is 12.1 Å². The predicted molar refractivity (Wildman–Crippen MR) is 163 cm³/mol. The van der Waals surface area contributed by atoms with Gasteiger partial charge in [0.25, 0.3) is 0 Å². The van der Waals surface area contributed by atoms with E-state index in [4.69, 9.17) is 17.7 Å².